The zero-order valence-electron chi connectivity index (χ0n) is 33.4. The molecule has 3 heterocycles. The lowest BCUT2D eigenvalue weighted by Gasteiger charge is -2.45. The summed E-state index contributed by atoms with van der Waals surface area (Å²) in [7, 11) is 0. The SMILES string of the molecule is C[C@@H]1O[C@@H](Oc2ccc([C@H]3CCCN(C(=O)/C=C/c4ccccc4)CCCNC(=O)CCN3)cc2)[C@H](O[C@@H]2O[C@H](COC(=O)c3ccccc3)[C@@H](O)[C@H](O)[C@H]2O)[C@H](O)[C@H]1O. The topological polar surface area (TPSA) is 226 Å². The van der Waals surface area contributed by atoms with Gasteiger partial charge in [0.25, 0.3) is 0 Å². The molecule has 3 aromatic carbocycles. The van der Waals surface area contributed by atoms with Crippen molar-refractivity contribution in [1.82, 2.24) is 15.5 Å². The van der Waals surface area contributed by atoms with E-state index in [1.54, 1.807) is 66.4 Å². The first-order chi connectivity index (χ1) is 29.0. The third-order valence-corrected chi connectivity index (χ3v) is 10.8. The van der Waals surface area contributed by atoms with Crippen molar-refractivity contribution < 1.29 is 63.6 Å². The van der Waals surface area contributed by atoms with Gasteiger partial charge < -0.3 is 64.8 Å². The van der Waals surface area contributed by atoms with Crippen LogP contribution in [-0.2, 0) is 28.5 Å². The minimum atomic E-state index is -1.81. The second-order valence-electron chi connectivity index (χ2n) is 15.1. The van der Waals surface area contributed by atoms with E-state index in [1.807, 2.05) is 42.5 Å². The van der Waals surface area contributed by atoms with Crippen LogP contribution in [0.2, 0.25) is 0 Å². The van der Waals surface area contributed by atoms with Gasteiger partial charge in [-0.1, -0.05) is 60.7 Å². The third kappa shape index (κ3) is 12.0. The lowest BCUT2D eigenvalue weighted by Crippen LogP contribution is -2.64. The van der Waals surface area contributed by atoms with Crippen LogP contribution in [0.25, 0.3) is 6.08 Å². The van der Waals surface area contributed by atoms with Gasteiger partial charge in [-0.3, -0.25) is 9.59 Å². The van der Waals surface area contributed by atoms with E-state index in [2.05, 4.69) is 10.6 Å². The molecule has 0 unspecified atom stereocenters. The first-order valence-corrected chi connectivity index (χ1v) is 20.4. The molecule has 0 aliphatic carbocycles. The van der Waals surface area contributed by atoms with E-state index < -0.39 is 74.0 Å². The molecule has 0 saturated carbocycles. The van der Waals surface area contributed by atoms with Crippen LogP contribution in [0.5, 0.6) is 5.75 Å². The van der Waals surface area contributed by atoms with E-state index in [0.29, 0.717) is 51.2 Å². The highest BCUT2D eigenvalue weighted by molar-refractivity contribution is 5.91. The summed E-state index contributed by atoms with van der Waals surface area (Å²) >= 11 is 0. The summed E-state index contributed by atoms with van der Waals surface area (Å²) < 4.78 is 29.1. The van der Waals surface area contributed by atoms with E-state index in [1.165, 1.54) is 0 Å². The van der Waals surface area contributed by atoms with Crippen LogP contribution in [0.4, 0.5) is 0 Å². The highest BCUT2D eigenvalue weighted by Gasteiger charge is 2.51. The number of amides is 2. The number of aliphatic hydroxyl groups excluding tert-OH is 5. The molecule has 3 aliphatic heterocycles. The molecule has 11 atom stereocenters. The molecule has 60 heavy (non-hydrogen) atoms. The first-order valence-electron chi connectivity index (χ1n) is 20.4. The van der Waals surface area contributed by atoms with Crippen molar-refractivity contribution in [3.05, 3.63) is 108 Å². The second-order valence-corrected chi connectivity index (χ2v) is 15.1. The summed E-state index contributed by atoms with van der Waals surface area (Å²) in [6.07, 6.45) is -9.39. The lowest BCUT2D eigenvalue weighted by molar-refractivity contribution is -0.355. The molecular weight excluding hydrogens is 778 g/mol. The Morgan fingerprint density at radius 2 is 1.50 bits per heavy atom. The van der Waals surface area contributed by atoms with Crippen molar-refractivity contribution in [2.24, 2.45) is 0 Å². The molecule has 3 fully saturated rings. The van der Waals surface area contributed by atoms with Gasteiger partial charge in [0.15, 0.2) is 12.4 Å². The van der Waals surface area contributed by atoms with Gasteiger partial charge in [-0.2, -0.15) is 0 Å². The van der Waals surface area contributed by atoms with E-state index >= 15 is 0 Å². The molecule has 0 radical (unpaired) electrons. The Labute approximate surface area is 348 Å². The molecule has 16 nitrogen and oxygen atoms in total. The predicted molar refractivity (Wildman–Crippen MR) is 216 cm³/mol. The van der Waals surface area contributed by atoms with Crippen LogP contribution in [-0.4, -0.2) is 142 Å². The fraction of sp³-hybridized carbons (Fsp3) is 0.477. The molecule has 3 aliphatic rings. The largest absolute Gasteiger partial charge is 0.462 e. The van der Waals surface area contributed by atoms with Gasteiger partial charge in [0.2, 0.25) is 18.1 Å². The van der Waals surface area contributed by atoms with Crippen molar-refractivity contribution >= 4 is 23.9 Å². The first kappa shape index (κ1) is 44.8. The number of hydrogen-bond acceptors (Lipinski definition) is 14. The molecule has 7 N–H and O–H groups in total. The van der Waals surface area contributed by atoms with Crippen LogP contribution in [0, 0.1) is 0 Å². The molecule has 0 bridgehead atoms. The van der Waals surface area contributed by atoms with E-state index in [0.717, 1.165) is 11.1 Å². The van der Waals surface area contributed by atoms with Crippen molar-refractivity contribution in [2.45, 2.75) is 100 Å². The highest BCUT2D eigenvalue weighted by Crippen LogP contribution is 2.31. The number of carbonyl (C=O) groups excluding carboxylic acids is 3. The van der Waals surface area contributed by atoms with Crippen molar-refractivity contribution in [1.29, 1.82) is 0 Å². The fourth-order valence-electron chi connectivity index (χ4n) is 7.28. The van der Waals surface area contributed by atoms with Crippen LogP contribution in [0.15, 0.2) is 91.0 Å². The molecule has 6 rings (SSSR count). The number of aliphatic hydroxyl groups is 5. The molecule has 16 heteroatoms. The smallest absolute Gasteiger partial charge is 0.338 e. The monoisotopic (exact) mass is 833 g/mol. The maximum atomic E-state index is 13.2. The normalized spacial score (nSPS) is 30.9. The number of rotatable bonds is 10. The molecule has 2 amide bonds. The summed E-state index contributed by atoms with van der Waals surface area (Å²) in [5.74, 6) is -0.582. The van der Waals surface area contributed by atoms with Gasteiger partial charge in [0.1, 0.15) is 49.0 Å². The Morgan fingerprint density at radius 3 is 2.23 bits per heavy atom. The standard InChI is InChI=1S/C44H55N3O13/c1-27-36(50)39(53)41(60-43-40(54)38(52)37(51)33(59-43)26-56-42(55)30-12-6-3-7-13-30)44(57-27)58-31-18-16-29(17-19-31)32-14-8-24-47(25-9-22-46-34(48)21-23-45-32)35(49)20-15-28-10-4-2-5-11-28/h2-7,10-13,15-20,27,32-33,36-41,43-45,50-54H,8-9,14,21-26H2,1H3,(H,46,48)/b20-15+/t27-,32+,33+,36-,37+,38-,39+,40+,41+,43-,44-/m0/s1. The lowest BCUT2D eigenvalue weighted by atomic mass is 9.97. The molecule has 0 aromatic heterocycles. The summed E-state index contributed by atoms with van der Waals surface area (Å²) in [5, 5.41) is 60.5. The number of nitrogens with zero attached hydrogens (tertiary/aromatic N) is 1. The summed E-state index contributed by atoms with van der Waals surface area (Å²) in [6, 6.07) is 24.6. The highest BCUT2D eigenvalue weighted by atomic mass is 16.8. The maximum absolute atomic E-state index is 13.2. The van der Waals surface area contributed by atoms with Gasteiger partial charge in [0, 0.05) is 44.7 Å². The average Bonchev–Trinajstić information content (AvgIpc) is 3.28. The Balaban J connectivity index is 1.11. The average molecular weight is 834 g/mol. The van der Waals surface area contributed by atoms with Crippen LogP contribution in [0.1, 0.15) is 60.1 Å². The molecular formula is C44H55N3O13. The maximum Gasteiger partial charge on any atom is 0.338 e. The molecule has 3 aromatic rings. The van der Waals surface area contributed by atoms with Gasteiger partial charge in [-0.25, -0.2) is 4.79 Å². The Bertz CT molecular complexity index is 1850. The zero-order chi connectivity index (χ0) is 42.6. The zero-order valence-corrected chi connectivity index (χ0v) is 33.4. The van der Waals surface area contributed by atoms with Gasteiger partial charge in [-0.15, -0.1) is 0 Å². The van der Waals surface area contributed by atoms with Gasteiger partial charge in [-0.05, 0) is 67.7 Å². The third-order valence-electron chi connectivity index (χ3n) is 10.8. The van der Waals surface area contributed by atoms with E-state index in [-0.39, 0.29) is 29.8 Å². The Morgan fingerprint density at radius 1 is 0.800 bits per heavy atom. The van der Waals surface area contributed by atoms with Crippen LogP contribution in [0.3, 0.4) is 0 Å². The minimum Gasteiger partial charge on any atom is -0.462 e. The number of benzene rings is 3. The van der Waals surface area contributed by atoms with Crippen molar-refractivity contribution in [3.8, 4) is 5.75 Å². The van der Waals surface area contributed by atoms with Gasteiger partial charge in [0.05, 0.1) is 11.7 Å². The van der Waals surface area contributed by atoms with E-state index in [9.17, 15) is 39.9 Å². The summed E-state index contributed by atoms with van der Waals surface area (Å²) in [4.78, 5) is 40.1. The fourth-order valence-corrected chi connectivity index (χ4v) is 7.28. The number of esters is 1. The van der Waals surface area contributed by atoms with E-state index in [4.69, 9.17) is 23.7 Å². The number of nitrogens with one attached hydrogen (secondary N) is 2. The number of hydrogen-bond donors (Lipinski definition) is 7. The molecule has 0 spiro atoms. The predicted octanol–water partition coefficient (Wildman–Crippen LogP) is 1.44. The molecule has 3 saturated heterocycles. The molecule has 324 valence electrons. The number of ether oxygens (including phenoxy) is 5. The summed E-state index contributed by atoms with van der Waals surface area (Å²) in [5.41, 5.74) is 2.07. The quantitative estimate of drug-likeness (QED) is 0.114. The number of carbonyl (C=O) groups is 3. The van der Waals surface area contributed by atoms with Crippen molar-refractivity contribution in [2.75, 3.05) is 32.8 Å². The second kappa shape index (κ2) is 21.7. The van der Waals surface area contributed by atoms with Crippen molar-refractivity contribution in [3.63, 3.8) is 0 Å². The van der Waals surface area contributed by atoms with Crippen LogP contribution < -0.4 is 15.4 Å². The Hall–Kier alpha value is -4.75. The minimum absolute atomic E-state index is 0.0873. The summed E-state index contributed by atoms with van der Waals surface area (Å²) in [6.45, 7) is 2.96. The Kier molecular flexibility index (Phi) is 16.2. The van der Waals surface area contributed by atoms with Crippen LogP contribution >= 0.6 is 0 Å². The van der Waals surface area contributed by atoms with Gasteiger partial charge >= 0.3 is 5.97 Å².